The molecule has 2 aromatic carbocycles. The second-order valence-electron chi connectivity index (χ2n) is 6.21. The largest absolute Gasteiger partial charge is 0.351 e. The number of amides is 3. The van der Waals surface area contributed by atoms with Gasteiger partial charge in [0.15, 0.2) is 0 Å². The molecule has 0 spiro atoms. The highest BCUT2D eigenvalue weighted by Crippen LogP contribution is 2.22. The zero-order valence-corrected chi connectivity index (χ0v) is 16.8. The normalized spacial score (nSPS) is 10.4. The highest BCUT2D eigenvalue weighted by atomic mass is 79.9. The lowest BCUT2D eigenvalue weighted by Gasteiger charge is -2.10. The van der Waals surface area contributed by atoms with Crippen LogP contribution in [0, 0.1) is 6.92 Å². The Morgan fingerprint density at radius 3 is 2.46 bits per heavy atom. The van der Waals surface area contributed by atoms with Crippen molar-refractivity contribution in [1.82, 2.24) is 10.3 Å². The number of nitrogens with one attached hydrogen (secondary N) is 2. The second kappa shape index (κ2) is 8.67. The zero-order chi connectivity index (χ0) is 20.1. The minimum atomic E-state index is -0.615. The van der Waals surface area contributed by atoms with E-state index in [1.807, 2.05) is 49.4 Å². The van der Waals surface area contributed by atoms with Crippen molar-refractivity contribution in [2.45, 2.75) is 13.5 Å². The maximum atomic E-state index is 12.5. The van der Waals surface area contributed by atoms with Gasteiger partial charge in [-0.15, -0.1) is 0 Å². The third-order valence-electron chi connectivity index (χ3n) is 4.13. The summed E-state index contributed by atoms with van der Waals surface area (Å²) in [6.45, 7) is 2.18. The smallest absolute Gasteiger partial charge is 0.316 e. The molecule has 3 rings (SSSR count). The van der Waals surface area contributed by atoms with Crippen LogP contribution in [0.2, 0.25) is 0 Å². The van der Waals surface area contributed by atoms with Gasteiger partial charge in [0.25, 0.3) is 5.91 Å². The minimum absolute atomic E-state index is 0.190. The molecule has 0 unspecified atom stereocenters. The van der Waals surface area contributed by atoms with Crippen molar-refractivity contribution < 1.29 is 9.59 Å². The molecule has 1 aromatic heterocycles. The molecule has 3 amide bonds. The SMILES string of the molecule is Cc1nc(-c2cccc(Br)c2)ccc1C(=O)NCc1ccc(NC(N)=O)cc1. The van der Waals surface area contributed by atoms with E-state index in [2.05, 4.69) is 31.5 Å². The fourth-order valence-corrected chi connectivity index (χ4v) is 3.13. The van der Waals surface area contributed by atoms with Crippen LogP contribution in [0.3, 0.4) is 0 Å². The maximum absolute atomic E-state index is 12.5. The Bertz CT molecular complexity index is 1020. The van der Waals surface area contributed by atoms with E-state index in [1.165, 1.54) is 0 Å². The number of aromatic nitrogens is 1. The Morgan fingerprint density at radius 1 is 1.07 bits per heavy atom. The van der Waals surface area contributed by atoms with Gasteiger partial charge in [0, 0.05) is 22.3 Å². The fraction of sp³-hybridized carbons (Fsp3) is 0.0952. The number of carbonyl (C=O) groups excluding carboxylic acids is 2. The molecule has 0 atom stereocenters. The number of halogens is 1. The van der Waals surface area contributed by atoms with E-state index in [9.17, 15) is 9.59 Å². The highest BCUT2D eigenvalue weighted by molar-refractivity contribution is 9.10. The summed E-state index contributed by atoms with van der Waals surface area (Å²) >= 11 is 3.46. The standard InChI is InChI=1S/C21H19BrN4O2/c1-13-18(9-10-19(25-13)15-3-2-4-16(22)11-15)20(27)24-12-14-5-7-17(8-6-14)26-21(23)28/h2-11H,12H2,1H3,(H,24,27)(H3,23,26,28). The van der Waals surface area contributed by atoms with Gasteiger partial charge in [-0.25, -0.2) is 4.79 Å². The van der Waals surface area contributed by atoms with Gasteiger partial charge in [0.05, 0.1) is 17.0 Å². The summed E-state index contributed by atoms with van der Waals surface area (Å²) in [4.78, 5) is 27.9. The molecular formula is C21H19BrN4O2. The molecule has 4 N–H and O–H groups in total. The average Bonchev–Trinajstić information content (AvgIpc) is 2.66. The number of nitrogens with zero attached hydrogens (tertiary/aromatic N) is 1. The Morgan fingerprint density at radius 2 is 1.82 bits per heavy atom. The molecule has 0 bridgehead atoms. The van der Waals surface area contributed by atoms with Crippen molar-refractivity contribution >= 4 is 33.6 Å². The summed E-state index contributed by atoms with van der Waals surface area (Å²) in [6.07, 6.45) is 0. The first-order valence-electron chi connectivity index (χ1n) is 8.59. The van der Waals surface area contributed by atoms with Gasteiger partial charge in [-0.1, -0.05) is 40.2 Å². The summed E-state index contributed by atoms with van der Waals surface area (Å²) in [7, 11) is 0. The van der Waals surface area contributed by atoms with E-state index in [0.717, 1.165) is 21.3 Å². The summed E-state index contributed by atoms with van der Waals surface area (Å²) in [5.74, 6) is -0.190. The van der Waals surface area contributed by atoms with Gasteiger partial charge in [0.2, 0.25) is 0 Å². The summed E-state index contributed by atoms with van der Waals surface area (Å²) in [6, 6.07) is 18.0. The molecule has 6 nitrogen and oxygen atoms in total. The van der Waals surface area contributed by atoms with Gasteiger partial charge in [-0.3, -0.25) is 9.78 Å². The van der Waals surface area contributed by atoms with Gasteiger partial charge < -0.3 is 16.4 Å². The van der Waals surface area contributed by atoms with Crippen molar-refractivity contribution in [2.24, 2.45) is 5.73 Å². The Kier molecular flexibility index (Phi) is 6.06. The number of rotatable bonds is 5. The molecule has 0 saturated heterocycles. The first-order chi connectivity index (χ1) is 13.4. The van der Waals surface area contributed by atoms with Gasteiger partial charge >= 0.3 is 6.03 Å². The van der Waals surface area contributed by atoms with Crippen LogP contribution in [0.15, 0.2) is 65.1 Å². The summed E-state index contributed by atoms with van der Waals surface area (Å²) in [5.41, 5.74) is 9.57. The van der Waals surface area contributed by atoms with E-state index in [4.69, 9.17) is 5.73 Å². The highest BCUT2D eigenvalue weighted by Gasteiger charge is 2.11. The van der Waals surface area contributed by atoms with E-state index in [0.29, 0.717) is 23.5 Å². The third kappa shape index (κ3) is 4.95. The Hall–Kier alpha value is -3.19. The van der Waals surface area contributed by atoms with Gasteiger partial charge in [-0.05, 0) is 48.9 Å². The minimum Gasteiger partial charge on any atom is -0.351 e. The summed E-state index contributed by atoms with van der Waals surface area (Å²) in [5, 5.41) is 5.38. The van der Waals surface area contributed by atoms with Crippen molar-refractivity contribution in [1.29, 1.82) is 0 Å². The maximum Gasteiger partial charge on any atom is 0.316 e. The third-order valence-corrected chi connectivity index (χ3v) is 4.62. The molecule has 28 heavy (non-hydrogen) atoms. The molecule has 0 aliphatic carbocycles. The first-order valence-corrected chi connectivity index (χ1v) is 9.39. The quantitative estimate of drug-likeness (QED) is 0.555. The molecule has 0 aliphatic rings. The monoisotopic (exact) mass is 438 g/mol. The predicted molar refractivity (Wildman–Crippen MR) is 113 cm³/mol. The number of benzene rings is 2. The van der Waals surface area contributed by atoms with Crippen molar-refractivity contribution in [3.8, 4) is 11.3 Å². The van der Waals surface area contributed by atoms with Crippen LogP contribution in [0.5, 0.6) is 0 Å². The zero-order valence-electron chi connectivity index (χ0n) is 15.2. The number of carbonyl (C=O) groups is 2. The molecule has 1 heterocycles. The van der Waals surface area contributed by atoms with Crippen LogP contribution < -0.4 is 16.4 Å². The number of anilines is 1. The van der Waals surface area contributed by atoms with Crippen LogP contribution in [-0.4, -0.2) is 16.9 Å². The molecule has 142 valence electrons. The Balaban J connectivity index is 1.66. The van der Waals surface area contributed by atoms with E-state index in [-0.39, 0.29) is 5.91 Å². The van der Waals surface area contributed by atoms with Crippen molar-refractivity contribution in [3.05, 3.63) is 82.0 Å². The molecule has 0 aliphatic heterocycles. The number of hydrogen-bond acceptors (Lipinski definition) is 3. The molecular weight excluding hydrogens is 420 g/mol. The number of primary amides is 1. The Labute approximate surface area is 171 Å². The van der Waals surface area contributed by atoms with Crippen LogP contribution in [0.25, 0.3) is 11.3 Å². The molecule has 3 aromatic rings. The lowest BCUT2D eigenvalue weighted by molar-refractivity contribution is 0.0950. The first kappa shape index (κ1) is 19.6. The van der Waals surface area contributed by atoms with Crippen LogP contribution in [-0.2, 0) is 6.54 Å². The lowest BCUT2D eigenvalue weighted by Crippen LogP contribution is -2.24. The molecule has 0 radical (unpaired) electrons. The number of aryl methyl sites for hydroxylation is 1. The van der Waals surface area contributed by atoms with Crippen molar-refractivity contribution in [3.63, 3.8) is 0 Å². The van der Waals surface area contributed by atoms with Crippen LogP contribution in [0.4, 0.5) is 10.5 Å². The fourth-order valence-electron chi connectivity index (χ4n) is 2.74. The predicted octanol–water partition coefficient (Wildman–Crippen LogP) is 4.24. The topological polar surface area (TPSA) is 97.1 Å². The molecule has 0 fully saturated rings. The van der Waals surface area contributed by atoms with E-state index in [1.54, 1.807) is 18.2 Å². The van der Waals surface area contributed by atoms with Crippen molar-refractivity contribution in [2.75, 3.05) is 5.32 Å². The van der Waals surface area contributed by atoms with Crippen LogP contribution in [0.1, 0.15) is 21.6 Å². The lowest BCUT2D eigenvalue weighted by atomic mass is 10.1. The number of hydrogen-bond donors (Lipinski definition) is 3. The second-order valence-corrected chi connectivity index (χ2v) is 7.12. The van der Waals surface area contributed by atoms with E-state index >= 15 is 0 Å². The van der Waals surface area contributed by atoms with Gasteiger partial charge in [-0.2, -0.15) is 0 Å². The number of urea groups is 1. The average molecular weight is 439 g/mol. The van der Waals surface area contributed by atoms with E-state index < -0.39 is 6.03 Å². The summed E-state index contributed by atoms with van der Waals surface area (Å²) < 4.78 is 0.975. The van der Waals surface area contributed by atoms with Crippen LogP contribution >= 0.6 is 15.9 Å². The molecule has 7 heteroatoms. The molecule has 0 saturated carbocycles. The number of nitrogens with two attached hydrogens (primary N) is 1. The van der Waals surface area contributed by atoms with Gasteiger partial charge in [0.1, 0.15) is 0 Å². The number of pyridine rings is 1.